The van der Waals surface area contributed by atoms with Crippen molar-refractivity contribution in [3.8, 4) is 0 Å². The third kappa shape index (κ3) is 6.03. The Morgan fingerprint density at radius 2 is 1.37 bits per heavy atom. The van der Waals surface area contributed by atoms with Crippen molar-refractivity contribution in [2.24, 2.45) is 17.8 Å². The molecule has 0 heterocycles. The summed E-state index contributed by atoms with van der Waals surface area (Å²) in [6.45, 7) is 2.28. The van der Waals surface area contributed by atoms with Crippen molar-refractivity contribution in [2.45, 2.75) is 103 Å². The first-order valence-corrected chi connectivity index (χ1v) is 11.6. The van der Waals surface area contributed by atoms with Crippen LogP contribution in [0.1, 0.15) is 108 Å². The molecule has 2 heteroatoms. The van der Waals surface area contributed by atoms with Crippen LogP contribution >= 0.6 is 0 Å². The number of rotatable bonds is 8. The van der Waals surface area contributed by atoms with Crippen LogP contribution in [0.4, 0.5) is 8.78 Å². The minimum absolute atomic E-state index is 0.427. The molecule has 0 bridgehead atoms. The van der Waals surface area contributed by atoms with Crippen LogP contribution in [0.2, 0.25) is 0 Å². The summed E-state index contributed by atoms with van der Waals surface area (Å²) in [5, 5.41) is 0. The lowest BCUT2D eigenvalue weighted by molar-refractivity contribution is 0.155. The van der Waals surface area contributed by atoms with Crippen LogP contribution in [-0.4, -0.2) is 0 Å². The van der Waals surface area contributed by atoms with Gasteiger partial charge in [0.05, 0.1) is 0 Å². The third-order valence-electron chi connectivity index (χ3n) is 7.46. The van der Waals surface area contributed by atoms with E-state index >= 15 is 0 Å². The highest BCUT2D eigenvalue weighted by molar-refractivity contribution is 5.22. The average Bonchev–Trinajstić information content (AvgIpc) is 2.71. The van der Waals surface area contributed by atoms with Crippen LogP contribution in [-0.2, 0) is 0 Å². The van der Waals surface area contributed by atoms with E-state index in [-0.39, 0.29) is 0 Å². The Bertz CT molecular complexity index is 551. The van der Waals surface area contributed by atoms with Gasteiger partial charge < -0.3 is 0 Å². The monoisotopic (exact) mass is 376 g/mol. The van der Waals surface area contributed by atoms with E-state index in [1.165, 1.54) is 89.2 Å². The average molecular weight is 377 g/mol. The molecule has 3 rings (SSSR count). The van der Waals surface area contributed by atoms with Gasteiger partial charge in [0.1, 0.15) is 0 Å². The number of unbranched alkanes of at least 4 members (excludes halogenated alkanes) is 4. The Morgan fingerprint density at radius 3 is 2.00 bits per heavy atom. The molecule has 0 aliphatic heterocycles. The molecule has 152 valence electrons. The quantitative estimate of drug-likeness (QED) is 0.399. The SMILES string of the molecule is CCCCCCCC1CCC(C2CCC(c3ccc(F)c(F)c3)CC2)CC1. The molecule has 0 aromatic heterocycles. The van der Waals surface area contributed by atoms with Gasteiger partial charge in [-0.15, -0.1) is 0 Å². The summed E-state index contributed by atoms with van der Waals surface area (Å²) in [6.07, 6.45) is 19.1. The summed E-state index contributed by atoms with van der Waals surface area (Å²) >= 11 is 0. The van der Waals surface area contributed by atoms with Gasteiger partial charge in [-0.05, 0) is 79.9 Å². The maximum atomic E-state index is 13.5. The van der Waals surface area contributed by atoms with Crippen molar-refractivity contribution in [3.63, 3.8) is 0 Å². The van der Waals surface area contributed by atoms with Gasteiger partial charge in [-0.2, -0.15) is 0 Å². The highest BCUT2D eigenvalue weighted by Crippen LogP contribution is 2.44. The lowest BCUT2D eigenvalue weighted by Gasteiger charge is -2.38. The van der Waals surface area contributed by atoms with E-state index in [4.69, 9.17) is 0 Å². The normalized spacial score (nSPS) is 29.0. The fourth-order valence-corrected chi connectivity index (χ4v) is 5.68. The third-order valence-corrected chi connectivity index (χ3v) is 7.46. The lowest BCUT2D eigenvalue weighted by atomic mass is 9.68. The van der Waals surface area contributed by atoms with E-state index in [0.29, 0.717) is 5.92 Å². The van der Waals surface area contributed by atoms with Crippen LogP contribution in [0, 0.1) is 29.4 Å². The first-order valence-electron chi connectivity index (χ1n) is 11.6. The predicted octanol–water partition coefficient (Wildman–Crippen LogP) is 8.41. The van der Waals surface area contributed by atoms with Gasteiger partial charge in [0.25, 0.3) is 0 Å². The van der Waals surface area contributed by atoms with E-state index in [0.717, 1.165) is 36.2 Å². The van der Waals surface area contributed by atoms with Gasteiger partial charge in [0, 0.05) is 0 Å². The largest absolute Gasteiger partial charge is 0.204 e. The molecule has 0 nitrogen and oxygen atoms in total. The summed E-state index contributed by atoms with van der Waals surface area (Å²) in [5.74, 6) is 1.79. The fourth-order valence-electron chi connectivity index (χ4n) is 5.68. The van der Waals surface area contributed by atoms with Crippen LogP contribution in [0.15, 0.2) is 18.2 Å². The summed E-state index contributed by atoms with van der Waals surface area (Å²) in [7, 11) is 0. The maximum absolute atomic E-state index is 13.5. The van der Waals surface area contributed by atoms with E-state index in [1.54, 1.807) is 6.07 Å². The zero-order chi connectivity index (χ0) is 19.1. The summed E-state index contributed by atoms with van der Waals surface area (Å²) in [4.78, 5) is 0. The molecular formula is C25H38F2. The van der Waals surface area contributed by atoms with E-state index < -0.39 is 11.6 Å². The minimum atomic E-state index is -0.727. The minimum Gasteiger partial charge on any atom is -0.204 e. The van der Waals surface area contributed by atoms with E-state index in [2.05, 4.69) is 6.92 Å². The highest BCUT2D eigenvalue weighted by Gasteiger charge is 2.31. The molecule has 0 spiro atoms. The van der Waals surface area contributed by atoms with Crippen molar-refractivity contribution in [3.05, 3.63) is 35.4 Å². The molecule has 0 unspecified atom stereocenters. The van der Waals surface area contributed by atoms with Gasteiger partial charge in [-0.1, -0.05) is 64.4 Å². The number of benzene rings is 1. The second-order valence-corrected chi connectivity index (χ2v) is 9.27. The van der Waals surface area contributed by atoms with Gasteiger partial charge in [-0.3, -0.25) is 0 Å². The van der Waals surface area contributed by atoms with Crippen molar-refractivity contribution >= 4 is 0 Å². The molecule has 2 aliphatic carbocycles. The molecule has 0 amide bonds. The molecule has 27 heavy (non-hydrogen) atoms. The highest BCUT2D eigenvalue weighted by atomic mass is 19.2. The van der Waals surface area contributed by atoms with Crippen LogP contribution in [0.3, 0.4) is 0 Å². The zero-order valence-electron chi connectivity index (χ0n) is 17.2. The number of hydrogen-bond donors (Lipinski definition) is 0. The van der Waals surface area contributed by atoms with Crippen molar-refractivity contribution in [1.82, 2.24) is 0 Å². The molecule has 1 aromatic carbocycles. The molecular weight excluding hydrogens is 338 g/mol. The molecule has 0 saturated heterocycles. The first-order chi connectivity index (χ1) is 13.2. The molecule has 2 aliphatic rings. The Labute approximate surface area is 165 Å². The first kappa shape index (κ1) is 20.8. The predicted molar refractivity (Wildman–Crippen MR) is 110 cm³/mol. The Kier molecular flexibility index (Phi) is 8.15. The van der Waals surface area contributed by atoms with E-state index in [1.807, 2.05) is 0 Å². The van der Waals surface area contributed by atoms with Crippen molar-refractivity contribution in [1.29, 1.82) is 0 Å². The Hall–Kier alpha value is -0.920. The van der Waals surface area contributed by atoms with Gasteiger partial charge >= 0.3 is 0 Å². The topological polar surface area (TPSA) is 0 Å². The molecule has 0 radical (unpaired) electrons. The van der Waals surface area contributed by atoms with Crippen molar-refractivity contribution in [2.75, 3.05) is 0 Å². The molecule has 0 atom stereocenters. The summed E-state index contributed by atoms with van der Waals surface area (Å²) < 4.78 is 26.7. The molecule has 2 fully saturated rings. The maximum Gasteiger partial charge on any atom is 0.159 e. The fraction of sp³-hybridized carbons (Fsp3) is 0.760. The van der Waals surface area contributed by atoms with Crippen molar-refractivity contribution < 1.29 is 8.78 Å². The molecule has 1 aromatic rings. The molecule has 2 saturated carbocycles. The van der Waals surface area contributed by atoms with Crippen LogP contribution in [0.25, 0.3) is 0 Å². The zero-order valence-corrected chi connectivity index (χ0v) is 17.2. The van der Waals surface area contributed by atoms with E-state index in [9.17, 15) is 8.78 Å². The van der Waals surface area contributed by atoms with Gasteiger partial charge in [-0.25, -0.2) is 8.78 Å². The standard InChI is InChI=1S/C25H38F2/c1-2-3-4-5-6-7-19-8-10-20(11-9-19)21-12-14-22(15-13-21)23-16-17-24(26)25(27)18-23/h16-22H,2-15H2,1H3. The Morgan fingerprint density at radius 1 is 0.741 bits per heavy atom. The van der Waals surface area contributed by atoms with Gasteiger partial charge in [0.15, 0.2) is 11.6 Å². The number of hydrogen-bond acceptors (Lipinski definition) is 0. The van der Waals surface area contributed by atoms with Crippen LogP contribution < -0.4 is 0 Å². The summed E-state index contributed by atoms with van der Waals surface area (Å²) in [5.41, 5.74) is 0.999. The molecule has 0 N–H and O–H groups in total. The Balaban J connectivity index is 1.36. The van der Waals surface area contributed by atoms with Crippen LogP contribution in [0.5, 0.6) is 0 Å². The number of halogens is 2. The lowest BCUT2D eigenvalue weighted by Crippen LogP contribution is -2.25. The summed E-state index contributed by atoms with van der Waals surface area (Å²) in [6, 6.07) is 4.50. The second kappa shape index (κ2) is 10.6. The van der Waals surface area contributed by atoms with Gasteiger partial charge in [0.2, 0.25) is 0 Å². The smallest absolute Gasteiger partial charge is 0.159 e. The second-order valence-electron chi connectivity index (χ2n) is 9.27.